The van der Waals surface area contributed by atoms with Crippen LogP contribution in [-0.2, 0) is 0 Å². The van der Waals surface area contributed by atoms with Gasteiger partial charge in [-0.25, -0.2) is 0 Å². The van der Waals surface area contributed by atoms with Gasteiger partial charge in [-0.15, -0.1) is 0 Å². The van der Waals surface area contributed by atoms with E-state index in [0.29, 0.717) is 5.56 Å². The van der Waals surface area contributed by atoms with Gasteiger partial charge in [-0.05, 0) is 19.8 Å². The van der Waals surface area contributed by atoms with Gasteiger partial charge in [0, 0.05) is 23.7 Å². The lowest BCUT2D eigenvalue weighted by molar-refractivity contribution is -0.385. The number of nitro groups is 1. The number of para-hydroxylation sites is 1. The molecule has 1 saturated carbocycles. The Morgan fingerprint density at radius 1 is 1.47 bits per heavy atom. The van der Waals surface area contributed by atoms with Gasteiger partial charge in [0.2, 0.25) is 0 Å². The highest BCUT2D eigenvalue weighted by Gasteiger charge is 2.29. The molecule has 0 aliphatic heterocycles. The van der Waals surface area contributed by atoms with E-state index >= 15 is 0 Å². The zero-order chi connectivity index (χ0) is 12.4. The first-order chi connectivity index (χ1) is 8.08. The summed E-state index contributed by atoms with van der Waals surface area (Å²) in [6.45, 7) is 1.91. The lowest BCUT2D eigenvalue weighted by atomic mass is 9.88. The minimum Gasteiger partial charge on any atom is -0.393 e. The molecule has 0 bridgehead atoms. The van der Waals surface area contributed by atoms with Crippen molar-refractivity contribution in [3.8, 4) is 0 Å². The number of hydrogen-bond donors (Lipinski definition) is 2. The van der Waals surface area contributed by atoms with Gasteiger partial charge in [0.1, 0.15) is 0 Å². The van der Waals surface area contributed by atoms with Crippen LogP contribution in [0.1, 0.15) is 31.4 Å². The fourth-order valence-electron chi connectivity index (χ4n) is 2.19. The number of hydrogen-bond acceptors (Lipinski definition) is 4. The second kappa shape index (κ2) is 4.81. The van der Waals surface area contributed by atoms with Gasteiger partial charge in [0.15, 0.2) is 0 Å². The number of rotatable bonds is 4. The maximum Gasteiger partial charge on any atom is 0.274 e. The van der Waals surface area contributed by atoms with Gasteiger partial charge >= 0.3 is 0 Å². The molecule has 0 saturated heterocycles. The third-order valence-corrected chi connectivity index (χ3v) is 3.20. The quantitative estimate of drug-likeness (QED) is 0.617. The Balaban J connectivity index is 2.08. The minimum atomic E-state index is -0.358. The molecule has 2 rings (SSSR count). The van der Waals surface area contributed by atoms with E-state index in [1.807, 2.05) is 6.92 Å². The van der Waals surface area contributed by atoms with Gasteiger partial charge in [0.25, 0.3) is 5.69 Å². The summed E-state index contributed by atoms with van der Waals surface area (Å²) in [6.07, 6.45) is 1.24. The van der Waals surface area contributed by atoms with Crippen molar-refractivity contribution in [1.82, 2.24) is 5.32 Å². The topological polar surface area (TPSA) is 75.4 Å². The molecule has 1 aromatic rings. The van der Waals surface area contributed by atoms with Crippen molar-refractivity contribution in [2.45, 2.75) is 38.0 Å². The molecular weight excluding hydrogens is 220 g/mol. The summed E-state index contributed by atoms with van der Waals surface area (Å²) in [4.78, 5) is 10.5. The highest BCUT2D eigenvalue weighted by Crippen LogP contribution is 2.28. The third kappa shape index (κ3) is 2.62. The van der Waals surface area contributed by atoms with Crippen molar-refractivity contribution in [2.24, 2.45) is 0 Å². The number of aliphatic hydroxyl groups excluding tert-OH is 1. The summed E-state index contributed by atoms with van der Waals surface area (Å²) in [6, 6.07) is 6.94. The van der Waals surface area contributed by atoms with Crippen LogP contribution in [0.2, 0.25) is 0 Å². The van der Waals surface area contributed by atoms with Crippen LogP contribution in [0.3, 0.4) is 0 Å². The van der Waals surface area contributed by atoms with Crippen LogP contribution >= 0.6 is 0 Å². The molecule has 1 aromatic carbocycles. The summed E-state index contributed by atoms with van der Waals surface area (Å²) in [7, 11) is 0. The average molecular weight is 236 g/mol. The Labute approximate surface area is 99.6 Å². The molecule has 17 heavy (non-hydrogen) atoms. The predicted octanol–water partition coefficient (Wildman–Crippen LogP) is 1.77. The van der Waals surface area contributed by atoms with E-state index in [1.165, 1.54) is 6.07 Å². The number of benzene rings is 1. The van der Waals surface area contributed by atoms with E-state index in [4.69, 9.17) is 0 Å². The van der Waals surface area contributed by atoms with Crippen LogP contribution in [-0.4, -0.2) is 22.2 Å². The molecule has 1 atom stereocenters. The molecule has 0 amide bonds. The van der Waals surface area contributed by atoms with Crippen molar-refractivity contribution in [3.05, 3.63) is 39.9 Å². The van der Waals surface area contributed by atoms with Gasteiger partial charge in [-0.3, -0.25) is 10.1 Å². The van der Waals surface area contributed by atoms with Gasteiger partial charge < -0.3 is 10.4 Å². The van der Waals surface area contributed by atoms with E-state index in [0.717, 1.165) is 12.8 Å². The lowest BCUT2D eigenvalue weighted by Crippen LogP contribution is -2.45. The highest BCUT2D eigenvalue weighted by molar-refractivity contribution is 5.41. The molecule has 5 nitrogen and oxygen atoms in total. The van der Waals surface area contributed by atoms with E-state index in [9.17, 15) is 15.2 Å². The van der Waals surface area contributed by atoms with E-state index in [1.54, 1.807) is 18.2 Å². The normalized spacial score (nSPS) is 25.1. The molecule has 5 heteroatoms. The molecule has 92 valence electrons. The Morgan fingerprint density at radius 3 is 2.71 bits per heavy atom. The first-order valence-corrected chi connectivity index (χ1v) is 5.75. The maximum atomic E-state index is 10.9. The zero-order valence-corrected chi connectivity index (χ0v) is 9.67. The summed E-state index contributed by atoms with van der Waals surface area (Å²) < 4.78 is 0. The van der Waals surface area contributed by atoms with Crippen molar-refractivity contribution >= 4 is 5.69 Å². The van der Waals surface area contributed by atoms with Crippen molar-refractivity contribution in [2.75, 3.05) is 0 Å². The maximum absolute atomic E-state index is 10.9. The fourth-order valence-corrected chi connectivity index (χ4v) is 2.19. The van der Waals surface area contributed by atoms with E-state index < -0.39 is 0 Å². The first-order valence-electron chi connectivity index (χ1n) is 5.75. The highest BCUT2D eigenvalue weighted by atomic mass is 16.6. The molecule has 2 N–H and O–H groups in total. The zero-order valence-electron chi connectivity index (χ0n) is 9.67. The summed E-state index contributed by atoms with van der Waals surface area (Å²) in [5.74, 6) is 0. The SMILES string of the molecule is CC(NC1CC(O)C1)c1ccccc1[N+](=O)[O-]. The second-order valence-corrected chi connectivity index (χ2v) is 4.53. The molecule has 1 unspecified atom stereocenters. The molecule has 0 aromatic heterocycles. The summed E-state index contributed by atoms with van der Waals surface area (Å²) >= 11 is 0. The molecule has 1 aliphatic rings. The van der Waals surface area contributed by atoms with Crippen LogP contribution in [0.25, 0.3) is 0 Å². The number of nitrogens with one attached hydrogen (secondary N) is 1. The molecule has 1 fully saturated rings. The van der Waals surface area contributed by atoms with Crippen LogP contribution in [0.15, 0.2) is 24.3 Å². The minimum absolute atomic E-state index is 0.0749. The van der Waals surface area contributed by atoms with Crippen LogP contribution in [0.5, 0.6) is 0 Å². The largest absolute Gasteiger partial charge is 0.393 e. The van der Waals surface area contributed by atoms with Gasteiger partial charge in [0.05, 0.1) is 11.0 Å². The number of nitrogens with zero attached hydrogens (tertiary/aromatic N) is 1. The number of nitro benzene ring substituents is 1. The summed E-state index contributed by atoms with van der Waals surface area (Å²) in [5, 5.41) is 23.4. The molecule has 0 heterocycles. The Bertz CT molecular complexity index is 416. The van der Waals surface area contributed by atoms with Crippen molar-refractivity contribution in [3.63, 3.8) is 0 Å². The molecule has 0 radical (unpaired) electrons. The predicted molar refractivity (Wildman–Crippen MR) is 63.7 cm³/mol. The molecule has 0 spiro atoms. The van der Waals surface area contributed by atoms with Crippen LogP contribution in [0, 0.1) is 10.1 Å². The summed E-state index contributed by atoms with van der Waals surface area (Å²) in [5.41, 5.74) is 0.839. The fraction of sp³-hybridized carbons (Fsp3) is 0.500. The van der Waals surface area contributed by atoms with Crippen molar-refractivity contribution in [1.29, 1.82) is 0 Å². The number of aliphatic hydroxyl groups is 1. The van der Waals surface area contributed by atoms with Gasteiger partial charge in [-0.1, -0.05) is 18.2 Å². The Morgan fingerprint density at radius 2 is 2.12 bits per heavy atom. The second-order valence-electron chi connectivity index (χ2n) is 4.53. The molecule has 1 aliphatic carbocycles. The smallest absolute Gasteiger partial charge is 0.274 e. The van der Waals surface area contributed by atoms with E-state index in [2.05, 4.69) is 5.32 Å². The third-order valence-electron chi connectivity index (χ3n) is 3.20. The Kier molecular flexibility index (Phi) is 3.40. The molecular formula is C12H16N2O3. The van der Waals surface area contributed by atoms with Crippen LogP contribution in [0.4, 0.5) is 5.69 Å². The van der Waals surface area contributed by atoms with E-state index in [-0.39, 0.29) is 28.8 Å². The van der Waals surface area contributed by atoms with Gasteiger partial charge in [-0.2, -0.15) is 0 Å². The lowest BCUT2D eigenvalue weighted by Gasteiger charge is -2.34. The standard InChI is InChI=1S/C12H16N2O3/c1-8(13-9-6-10(15)7-9)11-4-2-3-5-12(11)14(16)17/h2-5,8-10,13,15H,6-7H2,1H3. The average Bonchev–Trinajstić information content (AvgIpc) is 2.27. The van der Waals surface area contributed by atoms with Crippen molar-refractivity contribution < 1.29 is 10.0 Å². The Hall–Kier alpha value is -1.46. The van der Waals surface area contributed by atoms with Crippen LogP contribution < -0.4 is 5.32 Å². The first kappa shape index (κ1) is 12.0. The monoisotopic (exact) mass is 236 g/mol.